The summed E-state index contributed by atoms with van der Waals surface area (Å²) in [4.78, 5) is 37.9. The first-order valence-corrected chi connectivity index (χ1v) is 14.9. The highest BCUT2D eigenvalue weighted by Gasteiger charge is 2.19. The van der Waals surface area contributed by atoms with E-state index in [0.717, 1.165) is 29.3 Å². The highest BCUT2D eigenvalue weighted by molar-refractivity contribution is 6.01. The van der Waals surface area contributed by atoms with Gasteiger partial charge in [0, 0.05) is 30.3 Å². The van der Waals surface area contributed by atoms with Crippen LogP contribution in [0.2, 0.25) is 0 Å². The van der Waals surface area contributed by atoms with Crippen LogP contribution in [0.5, 0.6) is 5.75 Å². The molecule has 0 aliphatic heterocycles. The van der Waals surface area contributed by atoms with E-state index < -0.39 is 11.8 Å². The monoisotopic (exact) mass is 579 g/mol. The number of amides is 3. The van der Waals surface area contributed by atoms with Gasteiger partial charge in [0.25, 0.3) is 5.91 Å². The van der Waals surface area contributed by atoms with Gasteiger partial charge in [-0.2, -0.15) is 5.10 Å². The van der Waals surface area contributed by atoms with Crippen molar-refractivity contribution in [3.8, 4) is 22.7 Å². The Balaban J connectivity index is 1.07. The summed E-state index contributed by atoms with van der Waals surface area (Å²) < 4.78 is 7.50. The molecule has 1 fully saturated rings. The largest absolute Gasteiger partial charge is 0.494 e. The molecule has 43 heavy (non-hydrogen) atoms. The number of aromatic nitrogens is 2. The lowest BCUT2D eigenvalue weighted by atomic mass is 9.87. The van der Waals surface area contributed by atoms with E-state index in [9.17, 15) is 14.4 Å². The fraction of sp³-hybridized carbons (Fsp3) is 0.294. The van der Waals surface area contributed by atoms with Crippen LogP contribution >= 0.6 is 0 Å². The standard InChI is InChI=1S/C34H37N5O4/c40-31(35-27-16-18-29(19-17-27)43-23-22-25-10-4-1-5-11-25)20-21-32(41)36-37-34(42)30-24-39(28-14-8-3-9-15-28)38-33(30)26-12-6-2-7-13-26/h2-3,6-9,12-19,24-25H,1,4-5,10-11,20-23H2,(H,35,40)(H,36,41)(H,37,42). The molecule has 1 heterocycles. The number of benzene rings is 3. The molecule has 0 atom stereocenters. The van der Waals surface area contributed by atoms with Crippen molar-refractivity contribution in [2.75, 3.05) is 11.9 Å². The maximum absolute atomic E-state index is 13.1. The number of para-hydroxylation sites is 1. The zero-order chi connectivity index (χ0) is 29.9. The lowest BCUT2D eigenvalue weighted by molar-refractivity contribution is -0.124. The van der Waals surface area contributed by atoms with Crippen LogP contribution in [-0.2, 0) is 9.59 Å². The maximum atomic E-state index is 13.1. The summed E-state index contributed by atoms with van der Waals surface area (Å²) in [6.45, 7) is 0.699. The second-order valence-corrected chi connectivity index (χ2v) is 10.8. The second-order valence-electron chi connectivity index (χ2n) is 10.8. The van der Waals surface area contributed by atoms with Crippen LogP contribution in [0.4, 0.5) is 5.69 Å². The van der Waals surface area contributed by atoms with Crippen LogP contribution < -0.4 is 20.9 Å². The molecule has 0 spiro atoms. The number of hydrazine groups is 1. The van der Waals surface area contributed by atoms with E-state index in [1.165, 1.54) is 32.1 Å². The van der Waals surface area contributed by atoms with Crippen LogP contribution in [0, 0.1) is 5.92 Å². The normalized spacial score (nSPS) is 13.2. The van der Waals surface area contributed by atoms with Gasteiger partial charge in [-0.05, 0) is 48.7 Å². The first kappa shape index (κ1) is 29.6. The molecule has 9 heteroatoms. The van der Waals surface area contributed by atoms with Crippen molar-refractivity contribution in [2.45, 2.75) is 51.4 Å². The molecule has 1 aromatic heterocycles. The van der Waals surface area contributed by atoms with Gasteiger partial charge in [-0.1, -0.05) is 80.6 Å². The summed E-state index contributed by atoms with van der Waals surface area (Å²) in [5, 5.41) is 7.41. The Morgan fingerprint density at radius 3 is 2.19 bits per heavy atom. The minimum atomic E-state index is -0.514. The molecular formula is C34H37N5O4. The molecule has 0 unspecified atom stereocenters. The predicted octanol–water partition coefficient (Wildman–Crippen LogP) is 6.07. The molecule has 3 amide bonds. The zero-order valence-electron chi connectivity index (χ0n) is 24.1. The van der Waals surface area contributed by atoms with E-state index in [1.54, 1.807) is 23.0 Å². The molecule has 0 saturated heterocycles. The Labute approximate surface area is 251 Å². The van der Waals surface area contributed by atoms with E-state index in [4.69, 9.17) is 4.74 Å². The van der Waals surface area contributed by atoms with Crippen LogP contribution in [0.25, 0.3) is 16.9 Å². The van der Waals surface area contributed by atoms with Crippen molar-refractivity contribution in [1.29, 1.82) is 0 Å². The van der Waals surface area contributed by atoms with Gasteiger partial charge in [0.05, 0.1) is 17.9 Å². The van der Waals surface area contributed by atoms with Gasteiger partial charge < -0.3 is 10.1 Å². The Kier molecular flexibility index (Phi) is 10.2. The predicted molar refractivity (Wildman–Crippen MR) is 166 cm³/mol. The third kappa shape index (κ3) is 8.54. The van der Waals surface area contributed by atoms with Crippen LogP contribution in [0.3, 0.4) is 0 Å². The van der Waals surface area contributed by atoms with E-state index in [1.807, 2.05) is 72.8 Å². The van der Waals surface area contributed by atoms with Crippen molar-refractivity contribution >= 4 is 23.4 Å². The topological polar surface area (TPSA) is 114 Å². The number of anilines is 1. The fourth-order valence-corrected chi connectivity index (χ4v) is 5.22. The summed E-state index contributed by atoms with van der Waals surface area (Å²) >= 11 is 0. The van der Waals surface area contributed by atoms with Crippen molar-refractivity contribution in [3.63, 3.8) is 0 Å². The zero-order valence-corrected chi connectivity index (χ0v) is 24.1. The number of nitrogens with one attached hydrogen (secondary N) is 3. The van der Waals surface area contributed by atoms with Crippen molar-refractivity contribution in [3.05, 3.63) is 96.7 Å². The maximum Gasteiger partial charge on any atom is 0.273 e. The molecule has 5 rings (SSSR count). The third-order valence-electron chi connectivity index (χ3n) is 7.58. The van der Waals surface area contributed by atoms with E-state index in [-0.39, 0.29) is 18.7 Å². The van der Waals surface area contributed by atoms with Gasteiger partial charge >= 0.3 is 0 Å². The molecule has 1 saturated carbocycles. The van der Waals surface area contributed by atoms with Gasteiger partial charge in [-0.3, -0.25) is 25.2 Å². The number of nitrogens with zero attached hydrogens (tertiary/aromatic N) is 2. The molecule has 1 aliphatic rings. The molecule has 4 aromatic rings. The van der Waals surface area contributed by atoms with E-state index in [2.05, 4.69) is 21.3 Å². The lowest BCUT2D eigenvalue weighted by Gasteiger charge is -2.21. The Hall–Kier alpha value is -4.92. The van der Waals surface area contributed by atoms with Gasteiger partial charge in [-0.25, -0.2) is 4.68 Å². The molecule has 9 nitrogen and oxygen atoms in total. The van der Waals surface area contributed by atoms with E-state index in [0.29, 0.717) is 23.6 Å². The second kappa shape index (κ2) is 14.8. The van der Waals surface area contributed by atoms with Crippen LogP contribution in [-0.4, -0.2) is 34.1 Å². The summed E-state index contributed by atoms with van der Waals surface area (Å²) in [6.07, 6.45) is 9.17. The molecule has 0 bridgehead atoms. The van der Waals surface area contributed by atoms with E-state index >= 15 is 0 Å². The van der Waals surface area contributed by atoms with Crippen molar-refractivity contribution in [2.24, 2.45) is 5.92 Å². The Morgan fingerprint density at radius 2 is 1.47 bits per heavy atom. The van der Waals surface area contributed by atoms with Crippen molar-refractivity contribution < 1.29 is 19.1 Å². The quantitative estimate of drug-likeness (QED) is 0.187. The molecular weight excluding hydrogens is 542 g/mol. The van der Waals surface area contributed by atoms with Gasteiger partial charge in [0.2, 0.25) is 11.8 Å². The fourth-order valence-electron chi connectivity index (χ4n) is 5.22. The third-order valence-corrected chi connectivity index (χ3v) is 7.58. The van der Waals surface area contributed by atoms with Crippen LogP contribution in [0.1, 0.15) is 61.7 Å². The van der Waals surface area contributed by atoms with Gasteiger partial charge in [0.1, 0.15) is 11.4 Å². The Bertz CT molecular complexity index is 1500. The summed E-state index contributed by atoms with van der Waals surface area (Å²) in [5.41, 5.74) is 7.83. The number of carbonyl (C=O) groups excluding carboxylic acids is 3. The number of hydrogen-bond donors (Lipinski definition) is 3. The van der Waals surface area contributed by atoms with Gasteiger partial charge in [-0.15, -0.1) is 0 Å². The highest BCUT2D eigenvalue weighted by Crippen LogP contribution is 2.27. The van der Waals surface area contributed by atoms with Crippen LogP contribution in [0.15, 0.2) is 91.1 Å². The minimum Gasteiger partial charge on any atom is -0.494 e. The number of ether oxygens (including phenoxy) is 1. The minimum absolute atomic E-state index is 0.0391. The molecule has 3 aromatic carbocycles. The van der Waals surface area contributed by atoms with Gasteiger partial charge in [0.15, 0.2) is 0 Å². The molecule has 1 aliphatic carbocycles. The summed E-state index contributed by atoms with van der Waals surface area (Å²) in [6, 6.07) is 26.0. The summed E-state index contributed by atoms with van der Waals surface area (Å²) in [5.74, 6) is 0.238. The summed E-state index contributed by atoms with van der Waals surface area (Å²) in [7, 11) is 0. The molecule has 0 radical (unpaired) electrons. The first-order valence-electron chi connectivity index (χ1n) is 14.9. The van der Waals surface area contributed by atoms with Crippen molar-refractivity contribution in [1.82, 2.24) is 20.6 Å². The average molecular weight is 580 g/mol. The number of hydrogen-bond acceptors (Lipinski definition) is 5. The smallest absolute Gasteiger partial charge is 0.273 e. The SMILES string of the molecule is O=C(CCC(=O)Nc1ccc(OCCC2CCCCC2)cc1)NNC(=O)c1cn(-c2ccccc2)nc1-c1ccccc1. The number of carbonyl (C=O) groups is 3. The Morgan fingerprint density at radius 1 is 0.791 bits per heavy atom. The molecule has 3 N–H and O–H groups in total. The lowest BCUT2D eigenvalue weighted by Crippen LogP contribution is -2.41. The molecule has 222 valence electrons. The average Bonchev–Trinajstić information content (AvgIpc) is 3.51. The first-order chi connectivity index (χ1) is 21.0. The highest BCUT2D eigenvalue weighted by atomic mass is 16.5. The number of rotatable bonds is 11.